The van der Waals surface area contributed by atoms with Gasteiger partial charge in [0.1, 0.15) is 0 Å². The summed E-state index contributed by atoms with van der Waals surface area (Å²) >= 11 is 0. The summed E-state index contributed by atoms with van der Waals surface area (Å²) in [6.07, 6.45) is 9.73. The van der Waals surface area contributed by atoms with Crippen LogP contribution in [0.5, 0.6) is 0 Å². The zero-order valence-corrected chi connectivity index (χ0v) is 14.0. The molecule has 128 valence electrons. The molecule has 0 spiro atoms. The Morgan fingerprint density at radius 3 is 2.62 bits per heavy atom. The Morgan fingerprint density at radius 2 is 1.88 bits per heavy atom. The number of hydrogen-bond acceptors (Lipinski definition) is 5. The van der Waals surface area contributed by atoms with Gasteiger partial charge in [-0.25, -0.2) is 0 Å². The largest absolute Gasteiger partial charge is 0.472 e. The second-order valence-electron chi connectivity index (χ2n) is 6.73. The molecule has 2 saturated heterocycles. The van der Waals surface area contributed by atoms with Crippen molar-refractivity contribution in [1.29, 1.82) is 0 Å². The standard InChI is InChI=1S/C19H25N3O2/c1-5-20-6-2-16(1)13-19-18(21-8-11-23-12-9-21)3-7-22(19)14-17-4-10-24-15-17/h1-2,4-6,10,15,18-19H,3,7-9,11-14H2/t18-,19+/m0/s1. The fourth-order valence-corrected chi connectivity index (χ4v) is 4.07. The van der Waals surface area contributed by atoms with E-state index in [0.717, 1.165) is 45.8 Å². The van der Waals surface area contributed by atoms with E-state index in [4.69, 9.17) is 9.15 Å². The van der Waals surface area contributed by atoms with Crippen molar-refractivity contribution in [3.8, 4) is 0 Å². The van der Waals surface area contributed by atoms with Crippen molar-refractivity contribution >= 4 is 0 Å². The van der Waals surface area contributed by atoms with Gasteiger partial charge in [-0.15, -0.1) is 0 Å². The van der Waals surface area contributed by atoms with E-state index in [1.54, 1.807) is 6.26 Å². The molecule has 4 heterocycles. The Morgan fingerprint density at radius 1 is 1.04 bits per heavy atom. The molecule has 2 fully saturated rings. The molecule has 2 aromatic heterocycles. The Hall–Kier alpha value is -1.69. The number of furan rings is 1. The monoisotopic (exact) mass is 327 g/mol. The van der Waals surface area contributed by atoms with E-state index in [2.05, 4.69) is 33.0 Å². The number of pyridine rings is 1. The lowest BCUT2D eigenvalue weighted by Gasteiger charge is -2.37. The van der Waals surface area contributed by atoms with Gasteiger partial charge < -0.3 is 9.15 Å². The number of likely N-dealkylation sites (tertiary alicyclic amines) is 1. The number of morpholine rings is 1. The summed E-state index contributed by atoms with van der Waals surface area (Å²) in [4.78, 5) is 9.40. The second kappa shape index (κ2) is 7.47. The molecule has 4 rings (SSSR count). The van der Waals surface area contributed by atoms with Crippen LogP contribution in [0, 0.1) is 0 Å². The normalized spacial score (nSPS) is 26.0. The Kier molecular flexibility index (Phi) is 4.92. The molecule has 24 heavy (non-hydrogen) atoms. The molecule has 5 heteroatoms. The van der Waals surface area contributed by atoms with Crippen molar-refractivity contribution < 1.29 is 9.15 Å². The Labute approximate surface area is 143 Å². The molecular weight excluding hydrogens is 302 g/mol. The van der Waals surface area contributed by atoms with Crippen molar-refractivity contribution in [2.75, 3.05) is 32.8 Å². The molecule has 0 aromatic carbocycles. The minimum absolute atomic E-state index is 0.528. The van der Waals surface area contributed by atoms with Gasteiger partial charge in [-0.1, -0.05) is 0 Å². The zero-order valence-electron chi connectivity index (χ0n) is 14.0. The van der Waals surface area contributed by atoms with Crippen molar-refractivity contribution in [1.82, 2.24) is 14.8 Å². The van der Waals surface area contributed by atoms with Gasteiger partial charge in [0.15, 0.2) is 0 Å². The first-order valence-electron chi connectivity index (χ1n) is 8.86. The first kappa shape index (κ1) is 15.8. The van der Waals surface area contributed by atoms with Crippen LogP contribution in [0.25, 0.3) is 0 Å². The number of aromatic nitrogens is 1. The fraction of sp³-hybridized carbons (Fsp3) is 0.526. The zero-order chi connectivity index (χ0) is 16.2. The van der Waals surface area contributed by atoms with E-state index in [0.29, 0.717) is 12.1 Å². The predicted octanol–water partition coefficient (Wildman–Crippen LogP) is 2.19. The highest BCUT2D eigenvalue weighted by Gasteiger charge is 2.38. The van der Waals surface area contributed by atoms with Crippen molar-refractivity contribution in [3.05, 3.63) is 54.2 Å². The highest BCUT2D eigenvalue weighted by molar-refractivity contribution is 5.15. The van der Waals surface area contributed by atoms with E-state index in [-0.39, 0.29) is 0 Å². The SMILES string of the molecule is c1cc(C[C@@H]2[C@@H](N3CCOCC3)CCN2Cc2ccoc2)ccn1. The third-order valence-corrected chi connectivity index (χ3v) is 5.30. The molecular formula is C19H25N3O2. The van der Waals surface area contributed by atoms with Gasteiger partial charge in [0.25, 0.3) is 0 Å². The highest BCUT2D eigenvalue weighted by atomic mass is 16.5. The van der Waals surface area contributed by atoms with Crippen LogP contribution in [0.1, 0.15) is 17.5 Å². The van der Waals surface area contributed by atoms with Crippen LogP contribution in [0.4, 0.5) is 0 Å². The molecule has 2 aliphatic heterocycles. The predicted molar refractivity (Wildman–Crippen MR) is 91.6 cm³/mol. The molecule has 0 N–H and O–H groups in total. The highest BCUT2D eigenvalue weighted by Crippen LogP contribution is 2.28. The van der Waals surface area contributed by atoms with E-state index in [9.17, 15) is 0 Å². The van der Waals surface area contributed by atoms with E-state index < -0.39 is 0 Å². The molecule has 0 saturated carbocycles. The van der Waals surface area contributed by atoms with Crippen LogP contribution in [-0.2, 0) is 17.7 Å². The van der Waals surface area contributed by atoms with Gasteiger partial charge in [0.2, 0.25) is 0 Å². The summed E-state index contributed by atoms with van der Waals surface area (Å²) in [6, 6.07) is 7.50. The lowest BCUT2D eigenvalue weighted by molar-refractivity contribution is 0.00788. The van der Waals surface area contributed by atoms with Crippen LogP contribution in [0.15, 0.2) is 47.5 Å². The molecule has 0 radical (unpaired) electrons. The smallest absolute Gasteiger partial charge is 0.0947 e. The Bertz CT molecular complexity index is 611. The van der Waals surface area contributed by atoms with Gasteiger partial charge in [-0.05, 0) is 36.6 Å². The molecule has 0 bridgehead atoms. The maximum Gasteiger partial charge on any atom is 0.0947 e. The Balaban J connectivity index is 1.52. The van der Waals surface area contributed by atoms with Crippen LogP contribution in [-0.4, -0.2) is 59.7 Å². The molecule has 0 amide bonds. The lowest BCUT2D eigenvalue weighted by Crippen LogP contribution is -2.50. The molecule has 5 nitrogen and oxygen atoms in total. The molecule has 2 atom stereocenters. The van der Waals surface area contributed by atoms with E-state index in [1.165, 1.54) is 17.5 Å². The van der Waals surface area contributed by atoms with Gasteiger partial charge in [-0.3, -0.25) is 14.8 Å². The van der Waals surface area contributed by atoms with Crippen LogP contribution < -0.4 is 0 Å². The summed E-state index contributed by atoms with van der Waals surface area (Å²) in [6.45, 7) is 5.94. The van der Waals surface area contributed by atoms with Gasteiger partial charge in [-0.2, -0.15) is 0 Å². The van der Waals surface area contributed by atoms with Gasteiger partial charge in [0.05, 0.1) is 25.7 Å². The van der Waals surface area contributed by atoms with Crippen LogP contribution in [0.3, 0.4) is 0 Å². The quantitative estimate of drug-likeness (QED) is 0.842. The van der Waals surface area contributed by atoms with E-state index in [1.807, 2.05) is 18.7 Å². The third-order valence-electron chi connectivity index (χ3n) is 5.30. The van der Waals surface area contributed by atoms with E-state index >= 15 is 0 Å². The molecule has 0 unspecified atom stereocenters. The first-order valence-corrected chi connectivity index (χ1v) is 8.86. The number of hydrogen-bond donors (Lipinski definition) is 0. The number of nitrogens with zero attached hydrogens (tertiary/aromatic N) is 3. The van der Waals surface area contributed by atoms with Crippen LogP contribution in [0.2, 0.25) is 0 Å². The lowest BCUT2D eigenvalue weighted by atomic mass is 9.99. The minimum atomic E-state index is 0.528. The van der Waals surface area contributed by atoms with Crippen LogP contribution >= 0.6 is 0 Å². The molecule has 2 aromatic rings. The number of ether oxygens (including phenoxy) is 1. The number of rotatable bonds is 5. The minimum Gasteiger partial charge on any atom is -0.472 e. The fourth-order valence-electron chi connectivity index (χ4n) is 4.07. The molecule has 2 aliphatic rings. The average molecular weight is 327 g/mol. The van der Waals surface area contributed by atoms with Crippen molar-refractivity contribution in [2.45, 2.75) is 31.5 Å². The third kappa shape index (κ3) is 3.53. The average Bonchev–Trinajstić information content (AvgIpc) is 3.28. The summed E-state index contributed by atoms with van der Waals surface area (Å²) in [7, 11) is 0. The summed E-state index contributed by atoms with van der Waals surface area (Å²) in [5.74, 6) is 0. The second-order valence-corrected chi connectivity index (χ2v) is 6.73. The van der Waals surface area contributed by atoms with Gasteiger partial charge >= 0.3 is 0 Å². The topological polar surface area (TPSA) is 41.7 Å². The van der Waals surface area contributed by atoms with Gasteiger partial charge in [0, 0.05) is 56.2 Å². The summed E-state index contributed by atoms with van der Waals surface area (Å²) in [5, 5.41) is 0. The summed E-state index contributed by atoms with van der Waals surface area (Å²) in [5.41, 5.74) is 2.63. The first-order chi connectivity index (χ1) is 11.9. The van der Waals surface area contributed by atoms with Crippen molar-refractivity contribution in [3.63, 3.8) is 0 Å². The summed E-state index contributed by atoms with van der Waals surface area (Å²) < 4.78 is 10.8. The van der Waals surface area contributed by atoms with Crippen molar-refractivity contribution in [2.24, 2.45) is 0 Å². The maximum atomic E-state index is 5.55. The molecule has 0 aliphatic carbocycles. The maximum absolute atomic E-state index is 5.55.